The predicted molar refractivity (Wildman–Crippen MR) is 61.5 cm³/mol. The average Bonchev–Trinajstić information content (AvgIpc) is 2.18. The van der Waals surface area contributed by atoms with Crippen LogP contribution in [0.5, 0.6) is 5.75 Å². The van der Waals surface area contributed by atoms with E-state index in [1.165, 1.54) is 6.08 Å². The molecule has 0 heterocycles. The topological polar surface area (TPSA) is 66.6 Å². The van der Waals surface area contributed by atoms with Crippen molar-refractivity contribution in [1.82, 2.24) is 4.90 Å². The smallest absolute Gasteiger partial charge is 0.235 e. The zero-order valence-electron chi connectivity index (χ0n) is 9.25. The van der Waals surface area contributed by atoms with E-state index in [0.717, 1.165) is 11.8 Å². The Morgan fingerprint density at radius 2 is 2.19 bits per heavy atom. The highest BCUT2D eigenvalue weighted by Gasteiger charge is 2.03. The molecule has 0 unspecified atom stereocenters. The molecule has 1 aromatic carbocycles. The second-order valence-electron chi connectivity index (χ2n) is 3.73. The van der Waals surface area contributed by atoms with Crippen LogP contribution in [0.4, 0.5) is 0 Å². The van der Waals surface area contributed by atoms with Gasteiger partial charge in [-0.05, 0) is 31.8 Å². The van der Waals surface area contributed by atoms with E-state index in [1.54, 1.807) is 18.2 Å². The summed E-state index contributed by atoms with van der Waals surface area (Å²) in [7, 11) is 3.78. The minimum Gasteiger partial charge on any atom is -0.508 e. The van der Waals surface area contributed by atoms with Crippen LogP contribution in [0.1, 0.15) is 11.1 Å². The van der Waals surface area contributed by atoms with Gasteiger partial charge in [0, 0.05) is 18.2 Å². The third-order valence-corrected chi connectivity index (χ3v) is 1.98. The maximum Gasteiger partial charge on any atom is 0.235 e. The van der Waals surface area contributed by atoms with Gasteiger partial charge in [-0.2, -0.15) is 0 Å². The lowest BCUT2D eigenvalue weighted by molar-refractivity contribution is -0.400. The largest absolute Gasteiger partial charge is 0.508 e. The third kappa shape index (κ3) is 3.70. The molecule has 0 aliphatic heterocycles. The normalized spacial score (nSPS) is 11.2. The lowest BCUT2D eigenvalue weighted by Gasteiger charge is -2.11. The van der Waals surface area contributed by atoms with Crippen LogP contribution in [0.3, 0.4) is 0 Å². The predicted octanol–water partition coefficient (Wildman–Crippen LogP) is 1.70. The SMILES string of the molecule is CN(C)Cc1cc(/C=C/[N+](=O)[O-])ccc1O. The Morgan fingerprint density at radius 3 is 2.75 bits per heavy atom. The van der Waals surface area contributed by atoms with Crippen molar-refractivity contribution < 1.29 is 10.0 Å². The maximum absolute atomic E-state index is 10.2. The fraction of sp³-hybridized carbons (Fsp3) is 0.273. The summed E-state index contributed by atoms with van der Waals surface area (Å²) in [6.07, 6.45) is 2.28. The summed E-state index contributed by atoms with van der Waals surface area (Å²) in [5.41, 5.74) is 1.45. The highest BCUT2D eigenvalue weighted by atomic mass is 16.6. The molecule has 0 saturated carbocycles. The fourth-order valence-corrected chi connectivity index (χ4v) is 1.32. The first-order chi connectivity index (χ1) is 7.49. The van der Waals surface area contributed by atoms with Crippen LogP contribution < -0.4 is 0 Å². The van der Waals surface area contributed by atoms with Crippen LogP contribution in [-0.4, -0.2) is 29.0 Å². The lowest BCUT2D eigenvalue weighted by atomic mass is 10.1. The Kier molecular flexibility index (Phi) is 4.02. The van der Waals surface area contributed by atoms with Crippen molar-refractivity contribution in [2.75, 3.05) is 14.1 Å². The van der Waals surface area contributed by atoms with Crippen molar-refractivity contribution in [3.05, 3.63) is 45.6 Å². The maximum atomic E-state index is 10.2. The highest BCUT2D eigenvalue weighted by Crippen LogP contribution is 2.20. The molecule has 0 bridgehead atoms. The van der Waals surface area contributed by atoms with Gasteiger partial charge in [-0.15, -0.1) is 0 Å². The molecule has 0 amide bonds. The van der Waals surface area contributed by atoms with Gasteiger partial charge in [-0.25, -0.2) is 0 Å². The zero-order chi connectivity index (χ0) is 12.1. The van der Waals surface area contributed by atoms with Gasteiger partial charge < -0.3 is 10.0 Å². The average molecular weight is 222 g/mol. The molecule has 0 aliphatic rings. The second-order valence-corrected chi connectivity index (χ2v) is 3.73. The Labute approximate surface area is 93.8 Å². The molecular weight excluding hydrogens is 208 g/mol. The summed E-state index contributed by atoms with van der Waals surface area (Å²) in [6.45, 7) is 0.589. The van der Waals surface area contributed by atoms with Crippen LogP contribution in [0.25, 0.3) is 6.08 Å². The Hall–Kier alpha value is -1.88. The number of benzene rings is 1. The third-order valence-electron chi connectivity index (χ3n) is 1.98. The number of phenolic OH excluding ortho intramolecular Hbond substituents is 1. The first-order valence-electron chi connectivity index (χ1n) is 4.77. The van der Waals surface area contributed by atoms with Crippen molar-refractivity contribution >= 4 is 6.08 Å². The fourth-order valence-electron chi connectivity index (χ4n) is 1.32. The molecule has 86 valence electrons. The van der Waals surface area contributed by atoms with Crippen molar-refractivity contribution in [1.29, 1.82) is 0 Å². The molecule has 0 aromatic heterocycles. The van der Waals surface area contributed by atoms with Crippen LogP contribution >= 0.6 is 0 Å². The molecule has 0 spiro atoms. The van der Waals surface area contributed by atoms with E-state index in [0.29, 0.717) is 12.1 Å². The molecular formula is C11H14N2O3. The molecule has 5 nitrogen and oxygen atoms in total. The van der Waals surface area contributed by atoms with E-state index in [2.05, 4.69) is 0 Å². The number of rotatable bonds is 4. The summed E-state index contributed by atoms with van der Waals surface area (Å²) in [4.78, 5) is 11.6. The zero-order valence-corrected chi connectivity index (χ0v) is 9.25. The van der Waals surface area contributed by atoms with Gasteiger partial charge in [0.2, 0.25) is 6.20 Å². The molecule has 0 atom stereocenters. The van der Waals surface area contributed by atoms with E-state index in [1.807, 2.05) is 19.0 Å². The lowest BCUT2D eigenvalue weighted by Crippen LogP contribution is -2.10. The number of aromatic hydroxyl groups is 1. The van der Waals surface area contributed by atoms with Gasteiger partial charge in [0.25, 0.3) is 0 Å². The number of hydrogen-bond acceptors (Lipinski definition) is 4. The molecule has 0 saturated heterocycles. The van der Waals surface area contributed by atoms with Crippen molar-refractivity contribution in [2.24, 2.45) is 0 Å². The first-order valence-corrected chi connectivity index (χ1v) is 4.77. The minimum absolute atomic E-state index is 0.201. The molecule has 0 fully saturated rings. The van der Waals surface area contributed by atoms with Crippen LogP contribution in [0.2, 0.25) is 0 Å². The molecule has 1 aromatic rings. The van der Waals surface area contributed by atoms with Gasteiger partial charge in [-0.1, -0.05) is 6.07 Å². The Morgan fingerprint density at radius 1 is 1.50 bits per heavy atom. The number of nitro groups is 1. The van der Waals surface area contributed by atoms with Gasteiger partial charge >= 0.3 is 0 Å². The Balaban J connectivity index is 2.93. The van der Waals surface area contributed by atoms with Crippen molar-refractivity contribution in [3.8, 4) is 5.75 Å². The number of nitrogens with zero attached hydrogens (tertiary/aromatic N) is 2. The van der Waals surface area contributed by atoms with Gasteiger partial charge in [0.1, 0.15) is 5.75 Å². The summed E-state index contributed by atoms with van der Waals surface area (Å²) < 4.78 is 0. The van der Waals surface area contributed by atoms with Crippen LogP contribution in [0, 0.1) is 10.1 Å². The van der Waals surface area contributed by atoms with E-state index >= 15 is 0 Å². The monoisotopic (exact) mass is 222 g/mol. The summed E-state index contributed by atoms with van der Waals surface area (Å²) >= 11 is 0. The van der Waals surface area contributed by atoms with Crippen molar-refractivity contribution in [3.63, 3.8) is 0 Å². The molecule has 16 heavy (non-hydrogen) atoms. The second kappa shape index (κ2) is 5.27. The molecule has 1 N–H and O–H groups in total. The summed E-state index contributed by atoms with van der Waals surface area (Å²) in [5, 5.41) is 19.7. The van der Waals surface area contributed by atoms with Crippen LogP contribution in [0.15, 0.2) is 24.4 Å². The molecule has 0 aliphatic carbocycles. The summed E-state index contributed by atoms with van der Waals surface area (Å²) in [6, 6.07) is 4.91. The van der Waals surface area contributed by atoms with E-state index < -0.39 is 4.92 Å². The first kappa shape index (κ1) is 12.2. The highest BCUT2D eigenvalue weighted by molar-refractivity contribution is 5.52. The Bertz CT molecular complexity index is 414. The van der Waals surface area contributed by atoms with E-state index in [9.17, 15) is 15.2 Å². The minimum atomic E-state index is -0.515. The number of phenols is 1. The van der Waals surface area contributed by atoms with E-state index in [4.69, 9.17) is 0 Å². The molecule has 0 radical (unpaired) electrons. The van der Waals surface area contributed by atoms with Gasteiger partial charge in [0.05, 0.1) is 4.92 Å². The van der Waals surface area contributed by atoms with Gasteiger partial charge in [-0.3, -0.25) is 10.1 Å². The molecule has 5 heteroatoms. The molecule has 1 rings (SSSR count). The van der Waals surface area contributed by atoms with E-state index in [-0.39, 0.29) is 5.75 Å². The quantitative estimate of drug-likeness (QED) is 0.622. The number of hydrogen-bond donors (Lipinski definition) is 1. The standard InChI is InChI=1S/C11H14N2O3/c1-12(2)8-10-7-9(3-4-11(10)14)5-6-13(15)16/h3-7,14H,8H2,1-2H3/b6-5+. The van der Waals surface area contributed by atoms with Crippen molar-refractivity contribution in [2.45, 2.75) is 6.54 Å². The summed E-state index contributed by atoms with van der Waals surface area (Å²) in [5.74, 6) is 0.201. The van der Waals surface area contributed by atoms with Gasteiger partial charge in [0.15, 0.2) is 0 Å². The van der Waals surface area contributed by atoms with Crippen LogP contribution in [-0.2, 0) is 6.54 Å².